The van der Waals surface area contributed by atoms with E-state index in [1.807, 2.05) is 6.92 Å². The van der Waals surface area contributed by atoms with Gasteiger partial charge in [0.15, 0.2) is 0 Å². The summed E-state index contributed by atoms with van der Waals surface area (Å²) in [5.74, 6) is -0.506. The van der Waals surface area contributed by atoms with Crippen molar-refractivity contribution in [1.82, 2.24) is 4.90 Å². The Hall–Kier alpha value is -2.81. The van der Waals surface area contributed by atoms with Crippen LogP contribution in [0.25, 0.3) is 0 Å². The van der Waals surface area contributed by atoms with Gasteiger partial charge in [0, 0.05) is 43.0 Å². The summed E-state index contributed by atoms with van der Waals surface area (Å²) in [6.45, 7) is 3.77. The van der Waals surface area contributed by atoms with Crippen LogP contribution in [-0.4, -0.2) is 49.8 Å². The molecule has 0 fully saturated rings. The van der Waals surface area contributed by atoms with Crippen LogP contribution in [0, 0.1) is 18.6 Å². The maximum Gasteiger partial charge on any atom is 0.314 e. The van der Waals surface area contributed by atoms with Crippen molar-refractivity contribution >= 4 is 23.9 Å². The van der Waals surface area contributed by atoms with Crippen LogP contribution in [0.15, 0.2) is 30.3 Å². The van der Waals surface area contributed by atoms with Crippen LogP contribution in [0.3, 0.4) is 0 Å². The minimum atomic E-state index is -0.632. The highest BCUT2D eigenvalue weighted by Gasteiger charge is 2.20. The van der Waals surface area contributed by atoms with Gasteiger partial charge in [-0.3, -0.25) is 9.59 Å². The average molecular weight is 468 g/mol. The zero-order valence-corrected chi connectivity index (χ0v) is 19.4. The third kappa shape index (κ3) is 7.12. The van der Waals surface area contributed by atoms with Crippen molar-refractivity contribution in [1.29, 1.82) is 0 Å². The van der Waals surface area contributed by atoms with Crippen molar-refractivity contribution < 1.29 is 32.0 Å². The van der Waals surface area contributed by atoms with Crippen molar-refractivity contribution in [2.24, 2.45) is 0 Å². The van der Waals surface area contributed by atoms with E-state index >= 15 is 0 Å². The summed E-state index contributed by atoms with van der Waals surface area (Å²) < 4.78 is 42.7. The molecule has 0 aliphatic rings. The Morgan fingerprint density at radius 3 is 2.25 bits per heavy atom. The molecular weight excluding hydrogens is 440 g/mol. The molecule has 0 spiro atoms. The minimum absolute atomic E-state index is 0.260. The maximum atomic E-state index is 13.9. The molecule has 0 heterocycles. The fraction of sp³-hybridized carbons (Fsp3) is 0.391. The van der Waals surface area contributed by atoms with Crippen molar-refractivity contribution in [2.75, 3.05) is 33.1 Å². The fourth-order valence-electron chi connectivity index (χ4n) is 3.16. The van der Waals surface area contributed by atoms with E-state index in [9.17, 15) is 18.4 Å². The van der Waals surface area contributed by atoms with Gasteiger partial charge >= 0.3 is 5.97 Å². The number of hydrogen-bond acceptors (Lipinski definition) is 6. The lowest BCUT2D eigenvalue weighted by Crippen LogP contribution is -2.34. The summed E-state index contributed by atoms with van der Waals surface area (Å²) in [5.41, 5.74) is 1.54. The lowest BCUT2D eigenvalue weighted by molar-refractivity contribution is -0.130. The molecule has 0 radical (unpaired) electrons. The predicted octanol–water partition coefficient (Wildman–Crippen LogP) is 4.58. The summed E-state index contributed by atoms with van der Waals surface area (Å²) >= 11 is 0.959. The molecule has 2 rings (SSSR count). The molecule has 9 heteroatoms. The lowest BCUT2D eigenvalue weighted by atomic mass is 10.1. The number of nitrogens with zero attached hydrogens (tertiary/aromatic N) is 1. The van der Waals surface area contributed by atoms with E-state index in [1.54, 1.807) is 17.0 Å². The fourth-order valence-corrected chi connectivity index (χ4v) is 3.71. The Kier molecular flexibility index (Phi) is 9.77. The number of benzene rings is 2. The SMILES string of the molecule is COc1cc(C(=O)N(CCCc2ccc(F)cc2F)CCSOC(C)=O)cc(OC)c1C. The van der Waals surface area contributed by atoms with E-state index in [-0.39, 0.29) is 5.91 Å². The number of halogens is 2. The smallest absolute Gasteiger partial charge is 0.314 e. The number of ether oxygens (including phenoxy) is 2. The lowest BCUT2D eigenvalue weighted by Gasteiger charge is -2.23. The van der Waals surface area contributed by atoms with E-state index in [0.29, 0.717) is 54.3 Å². The van der Waals surface area contributed by atoms with Crippen molar-refractivity contribution in [3.8, 4) is 11.5 Å². The second-order valence-electron chi connectivity index (χ2n) is 7.03. The van der Waals surface area contributed by atoms with Crippen LogP contribution in [0.5, 0.6) is 11.5 Å². The van der Waals surface area contributed by atoms with E-state index < -0.39 is 17.6 Å². The van der Waals surface area contributed by atoms with Gasteiger partial charge in [0.05, 0.1) is 26.3 Å². The molecule has 32 heavy (non-hydrogen) atoms. The monoisotopic (exact) mass is 467 g/mol. The average Bonchev–Trinajstić information content (AvgIpc) is 2.76. The number of carbonyl (C=O) groups is 2. The van der Waals surface area contributed by atoms with Crippen LogP contribution in [0.1, 0.15) is 34.8 Å². The highest BCUT2D eigenvalue weighted by atomic mass is 32.2. The Morgan fingerprint density at radius 1 is 1.03 bits per heavy atom. The highest BCUT2D eigenvalue weighted by Crippen LogP contribution is 2.30. The zero-order chi connectivity index (χ0) is 23.7. The van der Waals surface area contributed by atoms with Crippen LogP contribution in [0.2, 0.25) is 0 Å². The van der Waals surface area contributed by atoms with Crippen LogP contribution in [-0.2, 0) is 15.4 Å². The standard InChI is InChI=1S/C23H27F2NO5S/c1-15-21(29-3)12-18(13-22(15)30-4)23(28)26(10-11-32-31-16(2)27)9-5-6-17-7-8-19(24)14-20(17)25/h7-8,12-14H,5-6,9-11H2,1-4H3. The van der Waals surface area contributed by atoms with Gasteiger partial charge in [0.2, 0.25) is 0 Å². The number of methoxy groups -OCH3 is 2. The minimum Gasteiger partial charge on any atom is -0.496 e. The highest BCUT2D eigenvalue weighted by molar-refractivity contribution is 7.95. The third-order valence-electron chi connectivity index (χ3n) is 4.80. The van der Waals surface area contributed by atoms with Crippen LogP contribution >= 0.6 is 12.0 Å². The molecule has 0 unspecified atom stereocenters. The second-order valence-corrected chi connectivity index (χ2v) is 7.84. The van der Waals surface area contributed by atoms with Gasteiger partial charge in [-0.25, -0.2) is 8.78 Å². The molecule has 0 saturated heterocycles. The molecule has 0 N–H and O–H groups in total. The molecule has 6 nitrogen and oxygen atoms in total. The van der Waals surface area contributed by atoms with Crippen molar-refractivity contribution in [3.63, 3.8) is 0 Å². The molecule has 0 bridgehead atoms. The van der Waals surface area contributed by atoms with Gasteiger partial charge < -0.3 is 18.6 Å². The maximum absolute atomic E-state index is 13.9. The summed E-state index contributed by atoms with van der Waals surface area (Å²) in [6.07, 6.45) is 0.806. The first-order valence-corrected chi connectivity index (χ1v) is 10.9. The predicted molar refractivity (Wildman–Crippen MR) is 119 cm³/mol. The van der Waals surface area contributed by atoms with Gasteiger partial charge in [-0.05, 0) is 43.5 Å². The first-order chi connectivity index (χ1) is 15.3. The molecule has 1 amide bonds. The summed E-state index contributed by atoms with van der Waals surface area (Å²) in [5, 5.41) is 0. The van der Waals surface area contributed by atoms with Crippen LogP contribution < -0.4 is 9.47 Å². The number of aryl methyl sites for hydroxylation is 1. The molecule has 0 aliphatic carbocycles. The molecule has 174 valence electrons. The van der Waals surface area contributed by atoms with E-state index in [1.165, 1.54) is 33.3 Å². The third-order valence-corrected chi connectivity index (χ3v) is 5.50. The largest absolute Gasteiger partial charge is 0.496 e. The Morgan fingerprint density at radius 2 is 1.69 bits per heavy atom. The first-order valence-electron chi connectivity index (χ1n) is 10.0. The Labute approximate surface area is 191 Å². The molecule has 0 aliphatic heterocycles. The first kappa shape index (κ1) is 25.5. The molecular formula is C23H27F2NO5S. The van der Waals surface area contributed by atoms with Crippen molar-refractivity contribution in [3.05, 3.63) is 58.7 Å². The van der Waals surface area contributed by atoms with Gasteiger partial charge in [-0.1, -0.05) is 6.07 Å². The quantitative estimate of drug-likeness (QED) is 0.356. The van der Waals surface area contributed by atoms with Gasteiger partial charge in [-0.2, -0.15) is 0 Å². The summed E-state index contributed by atoms with van der Waals surface area (Å²) in [6, 6.07) is 6.75. The molecule has 0 atom stereocenters. The topological polar surface area (TPSA) is 65.1 Å². The van der Waals surface area contributed by atoms with Gasteiger partial charge in [-0.15, -0.1) is 0 Å². The number of amides is 1. The Balaban J connectivity index is 2.16. The number of rotatable bonds is 11. The number of carbonyl (C=O) groups excluding carboxylic acids is 2. The van der Waals surface area contributed by atoms with Crippen LogP contribution in [0.4, 0.5) is 8.78 Å². The second kappa shape index (κ2) is 12.3. The van der Waals surface area contributed by atoms with E-state index in [0.717, 1.165) is 23.7 Å². The number of hydrogen-bond donors (Lipinski definition) is 0. The molecule has 2 aromatic carbocycles. The molecule has 0 saturated carbocycles. The van der Waals surface area contributed by atoms with E-state index in [4.69, 9.17) is 13.7 Å². The van der Waals surface area contributed by atoms with Gasteiger partial charge in [0.1, 0.15) is 23.1 Å². The Bertz CT molecular complexity index is 929. The summed E-state index contributed by atoms with van der Waals surface area (Å²) in [7, 11) is 3.03. The normalized spacial score (nSPS) is 10.6. The van der Waals surface area contributed by atoms with Crippen molar-refractivity contribution in [2.45, 2.75) is 26.7 Å². The summed E-state index contributed by atoms with van der Waals surface area (Å²) in [4.78, 5) is 25.8. The molecule has 2 aromatic rings. The van der Waals surface area contributed by atoms with E-state index in [2.05, 4.69) is 0 Å². The van der Waals surface area contributed by atoms with Gasteiger partial charge in [0.25, 0.3) is 5.91 Å². The zero-order valence-electron chi connectivity index (χ0n) is 18.6. The molecule has 0 aromatic heterocycles.